The van der Waals surface area contributed by atoms with Gasteiger partial charge in [-0.25, -0.2) is 0 Å². The van der Waals surface area contributed by atoms with Gasteiger partial charge in [-0.05, 0) is 48.7 Å². The second kappa shape index (κ2) is 7.77. The predicted molar refractivity (Wildman–Crippen MR) is 101 cm³/mol. The van der Waals surface area contributed by atoms with E-state index in [1.807, 2.05) is 25.2 Å². The molecular weight excluding hydrogens is 357 g/mol. The zero-order valence-corrected chi connectivity index (χ0v) is 15.8. The number of carbonyl (C=O) groups excluding carboxylic acids is 1. The molecule has 25 heavy (non-hydrogen) atoms. The van der Waals surface area contributed by atoms with E-state index in [4.69, 9.17) is 27.9 Å². The van der Waals surface area contributed by atoms with E-state index in [9.17, 15) is 4.79 Å². The van der Waals surface area contributed by atoms with Crippen molar-refractivity contribution < 1.29 is 9.53 Å². The molecule has 0 aromatic heterocycles. The first-order valence-electron chi connectivity index (χ1n) is 8.32. The van der Waals surface area contributed by atoms with Gasteiger partial charge in [-0.1, -0.05) is 53.5 Å². The molecule has 0 saturated heterocycles. The molecule has 0 N–H and O–H groups in total. The summed E-state index contributed by atoms with van der Waals surface area (Å²) in [6, 6.07) is 14.5. The molecule has 0 spiro atoms. The van der Waals surface area contributed by atoms with E-state index >= 15 is 0 Å². The summed E-state index contributed by atoms with van der Waals surface area (Å²) in [5.41, 5.74) is 3.72. The third kappa shape index (κ3) is 3.84. The monoisotopic (exact) mass is 377 g/mol. The molecule has 132 valence electrons. The smallest absolute Gasteiger partial charge is 0.319 e. The number of hydrogen-bond donors (Lipinski definition) is 0. The van der Waals surface area contributed by atoms with Crippen molar-refractivity contribution in [2.45, 2.75) is 24.8 Å². The van der Waals surface area contributed by atoms with Gasteiger partial charge in [-0.3, -0.25) is 9.69 Å². The highest BCUT2D eigenvalue weighted by atomic mass is 35.5. The Kier molecular flexibility index (Phi) is 5.67. The summed E-state index contributed by atoms with van der Waals surface area (Å²) in [7, 11) is 3.39. The maximum atomic E-state index is 11.6. The molecule has 0 fully saturated rings. The van der Waals surface area contributed by atoms with Gasteiger partial charge in [0.1, 0.15) is 0 Å². The fourth-order valence-electron chi connectivity index (χ4n) is 3.68. The average molecular weight is 378 g/mol. The van der Waals surface area contributed by atoms with Crippen LogP contribution in [-0.4, -0.2) is 31.6 Å². The second-order valence-corrected chi connectivity index (χ2v) is 7.25. The molecule has 0 saturated carbocycles. The Morgan fingerprint density at radius 1 is 1.12 bits per heavy atom. The molecule has 5 heteroatoms. The van der Waals surface area contributed by atoms with Gasteiger partial charge in [0.05, 0.1) is 23.7 Å². The molecule has 0 bridgehead atoms. The van der Waals surface area contributed by atoms with Crippen LogP contribution in [0.4, 0.5) is 0 Å². The van der Waals surface area contributed by atoms with E-state index in [1.165, 1.54) is 23.8 Å². The summed E-state index contributed by atoms with van der Waals surface area (Å²) in [6.45, 7) is 0.285. The first-order valence-corrected chi connectivity index (χ1v) is 9.07. The maximum Gasteiger partial charge on any atom is 0.319 e. The van der Waals surface area contributed by atoms with Gasteiger partial charge in [-0.2, -0.15) is 0 Å². The standard InChI is InChI=1S/C20H21Cl2NO2/c1-23(12-20(24)25-2)19-10-8-14(15-5-3-4-6-16(15)19)13-7-9-17(21)18(22)11-13/h3-7,9,11,14,19H,8,10,12H2,1-2H3/t14-,19-/m0/s1. The Morgan fingerprint density at radius 3 is 2.52 bits per heavy atom. The van der Waals surface area contributed by atoms with Crippen molar-refractivity contribution in [1.29, 1.82) is 0 Å². The second-order valence-electron chi connectivity index (χ2n) is 6.44. The number of carbonyl (C=O) groups is 1. The highest BCUT2D eigenvalue weighted by Gasteiger charge is 2.31. The van der Waals surface area contributed by atoms with Gasteiger partial charge < -0.3 is 4.74 Å². The summed E-state index contributed by atoms with van der Waals surface area (Å²) in [5.74, 6) is 0.0698. The summed E-state index contributed by atoms with van der Waals surface area (Å²) < 4.78 is 4.81. The zero-order valence-electron chi connectivity index (χ0n) is 14.3. The lowest BCUT2D eigenvalue weighted by molar-refractivity contribution is -0.142. The molecule has 0 heterocycles. The maximum absolute atomic E-state index is 11.6. The first-order chi connectivity index (χ1) is 12.0. The fourth-order valence-corrected chi connectivity index (χ4v) is 3.99. The number of halogens is 2. The highest BCUT2D eigenvalue weighted by Crippen LogP contribution is 2.44. The minimum atomic E-state index is -0.216. The molecule has 1 aliphatic carbocycles. The first kappa shape index (κ1) is 18.2. The topological polar surface area (TPSA) is 29.5 Å². The van der Waals surface area contributed by atoms with Crippen molar-refractivity contribution in [3.8, 4) is 0 Å². The van der Waals surface area contributed by atoms with E-state index in [2.05, 4.69) is 29.2 Å². The van der Waals surface area contributed by atoms with E-state index in [-0.39, 0.29) is 24.5 Å². The van der Waals surface area contributed by atoms with Crippen LogP contribution in [0, 0.1) is 0 Å². The number of benzene rings is 2. The summed E-state index contributed by atoms with van der Waals surface area (Å²) in [6.07, 6.45) is 1.96. The van der Waals surface area contributed by atoms with Gasteiger partial charge in [0.2, 0.25) is 0 Å². The van der Waals surface area contributed by atoms with Gasteiger partial charge in [-0.15, -0.1) is 0 Å². The Bertz CT molecular complexity index is 778. The van der Waals surface area contributed by atoms with Gasteiger partial charge in [0, 0.05) is 12.0 Å². The van der Waals surface area contributed by atoms with Crippen molar-refractivity contribution in [2.24, 2.45) is 0 Å². The van der Waals surface area contributed by atoms with E-state index in [0.29, 0.717) is 10.0 Å². The molecule has 3 rings (SSSR count). The SMILES string of the molecule is COC(=O)CN(C)[C@H]1CC[C@@H](c2ccc(Cl)c(Cl)c2)c2ccccc21. The van der Waals surface area contributed by atoms with E-state index in [1.54, 1.807) is 0 Å². The molecule has 2 atom stereocenters. The third-order valence-corrected chi connectivity index (χ3v) is 5.68. The van der Waals surface area contributed by atoms with E-state index in [0.717, 1.165) is 12.8 Å². The minimum Gasteiger partial charge on any atom is -0.468 e. The molecular formula is C20H21Cl2NO2. The Labute approximate surface area is 158 Å². The minimum absolute atomic E-state index is 0.203. The lowest BCUT2D eigenvalue weighted by Crippen LogP contribution is -2.33. The van der Waals surface area contributed by atoms with Gasteiger partial charge >= 0.3 is 5.97 Å². The lowest BCUT2D eigenvalue weighted by atomic mass is 9.76. The molecule has 2 aromatic carbocycles. The number of methoxy groups -OCH3 is 1. The number of esters is 1. The van der Waals surface area contributed by atoms with Gasteiger partial charge in [0.15, 0.2) is 0 Å². The molecule has 1 aliphatic rings. The van der Waals surface area contributed by atoms with Crippen LogP contribution in [-0.2, 0) is 9.53 Å². The number of hydrogen-bond acceptors (Lipinski definition) is 3. The third-order valence-electron chi connectivity index (χ3n) is 4.94. The summed E-state index contributed by atoms with van der Waals surface area (Å²) >= 11 is 12.3. The van der Waals surface area contributed by atoms with Crippen LogP contribution < -0.4 is 0 Å². The summed E-state index contributed by atoms with van der Waals surface area (Å²) in [4.78, 5) is 13.7. The predicted octanol–water partition coefficient (Wildman–Crippen LogP) is 5.07. The summed E-state index contributed by atoms with van der Waals surface area (Å²) in [5, 5.41) is 1.16. The molecule has 3 nitrogen and oxygen atoms in total. The Balaban J connectivity index is 1.93. The zero-order chi connectivity index (χ0) is 18.0. The van der Waals surface area contributed by atoms with Crippen LogP contribution in [0.5, 0.6) is 0 Å². The highest BCUT2D eigenvalue weighted by molar-refractivity contribution is 6.42. The largest absolute Gasteiger partial charge is 0.468 e. The van der Waals surface area contributed by atoms with Crippen LogP contribution in [0.15, 0.2) is 42.5 Å². The Morgan fingerprint density at radius 2 is 1.84 bits per heavy atom. The van der Waals surface area contributed by atoms with Crippen LogP contribution in [0.25, 0.3) is 0 Å². The quantitative estimate of drug-likeness (QED) is 0.696. The lowest BCUT2D eigenvalue weighted by Gasteiger charge is -2.36. The van der Waals surface area contributed by atoms with Gasteiger partial charge in [0.25, 0.3) is 0 Å². The van der Waals surface area contributed by atoms with E-state index < -0.39 is 0 Å². The average Bonchev–Trinajstić information content (AvgIpc) is 2.63. The van der Waals surface area contributed by atoms with Crippen molar-refractivity contribution >= 4 is 29.2 Å². The van der Waals surface area contributed by atoms with Crippen LogP contribution >= 0.6 is 23.2 Å². The number of likely N-dealkylation sites (N-methyl/N-ethyl adjacent to an activating group) is 1. The van der Waals surface area contributed by atoms with Crippen LogP contribution in [0.3, 0.4) is 0 Å². The molecule has 0 aliphatic heterocycles. The molecule has 0 radical (unpaired) electrons. The van der Waals surface area contributed by atoms with Crippen molar-refractivity contribution in [2.75, 3.05) is 20.7 Å². The molecule has 2 aromatic rings. The number of fused-ring (bicyclic) bond motifs is 1. The normalized spacial score (nSPS) is 19.6. The molecule has 0 unspecified atom stereocenters. The van der Waals surface area contributed by atoms with Crippen LogP contribution in [0.2, 0.25) is 10.0 Å². The number of nitrogens with zero attached hydrogens (tertiary/aromatic N) is 1. The number of ether oxygens (including phenoxy) is 1. The fraction of sp³-hybridized carbons (Fsp3) is 0.350. The Hall–Kier alpha value is -1.55. The van der Waals surface area contributed by atoms with Crippen molar-refractivity contribution in [3.63, 3.8) is 0 Å². The molecule has 0 amide bonds. The van der Waals surface area contributed by atoms with Crippen LogP contribution in [0.1, 0.15) is 41.5 Å². The van der Waals surface area contributed by atoms with Crippen molar-refractivity contribution in [1.82, 2.24) is 4.90 Å². The number of rotatable bonds is 4. The van der Waals surface area contributed by atoms with Crippen molar-refractivity contribution in [3.05, 3.63) is 69.2 Å².